The van der Waals surface area contributed by atoms with Crippen LogP contribution in [0.4, 0.5) is 0 Å². The van der Waals surface area contributed by atoms with E-state index < -0.39 is 17.1 Å². The Morgan fingerprint density at radius 1 is 1.39 bits per heavy atom. The maximum Gasteiger partial charge on any atom is 0.105 e. The summed E-state index contributed by atoms with van der Waals surface area (Å²) in [5, 5.41) is 22.8. The molecule has 0 saturated heterocycles. The molecule has 0 radical (unpaired) electrons. The molecule has 1 rings (SSSR count). The van der Waals surface area contributed by atoms with Crippen LogP contribution in [0, 0.1) is 10.8 Å². The van der Waals surface area contributed by atoms with E-state index in [0.717, 1.165) is 37.7 Å². The van der Waals surface area contributed by atoms with Gasteiger partial charge < -0.3 is 10.2 Å². The Morgan fingerprint density at radius 3 is 2.57 bits per heavy atom. The number of allylic oxidation sites excluding steroid dienone is 3. The van der Waals surface area contributed by atoms with Crippen molar-refractivity contribution in [2.45, 2.75) is 84.3 Å². The quantitative estimate of drug-likeness (QED) is 0.575. The number of aliphatic hydroxyl groups excluding tert-OH is 1. The lowest BCUT2D eigenvalue weighted by atomic mass is 9.61. The van der Waals surface area contributed by atoms with E-state index in [9.17, 15) is 10.2 Å². The normalized spacial score (nSPS) is 26.1. The van der Waals surface area contributed by atoms with Crippen LogP contribution in [0.1, 0.15) is 72.6 Å². The third-order valence-electron chi connectivity index (χ3n) is 5.86. The monoisotopic (exact) mass is 320 g/mol. The number of hydrogen-bond acceptors (Lipinski definition) is 2. The molecule has 1 aliphatic rings. The van der Waals surface area contributed by atoms with Gasteiger partial charge >= 0.3 is 0 Å². The van der Waals surface area contributed by atoms with Crippen LogP contribution in [0.5, 0.6) is 0 Å². The van der Waals surface area contributed by atoms with Crippen LogP contribution in [0.2, 0.25) is 0 Å². The molecule has 3 atom stereocenters. The molecule has 132 valence electrons. The fraction of sp³-hybridized carbons (Fsp3) is 0.714. The fourth-order valence-electron chi connectivity index (χ4n) is 3.83. The van der Waals surface area contributed by atoms with Crippen molar-refractivity contribution in [3.8, 4) is 0 Å². The molecule has 0 saturated carbocycles. The molecular weight excluding hydrogens is 284 g/mol. The van der Waals surface area contributed by atoms with Crippen LogP contribution in [0.15, 0.2) is 37.0 Å². The third-order valence-corrected chi connectivity index (χ3v) is 5.86. The Morgan fingerprint density at radius 2 is 2.04 bits per heavy atom. The smallest absolute Gasteiger partial charge is 0.105 e. The molecule has 2 nitrogen and oxygen atoms in total. The van der Waals surface area contributed by atoms with Crippen molar-refractivity contribution in [3.05, 3.63) is 37.0 Å². The topological polar surface area (TPSA) is 40.5 Å². The Balaban J connectivity index is 3.27. The van der Waals surface area contributed by atoms with Gasteiger partial charge in [0, 0.05) is 5.41 Å². The molecule has 0 aromatic rings. The molecule has 0 spiro atoms. The van der Waals surface area contributed by atoms with E-state index in [1.54, 1.807) is 0 Å². The predicted molar refractivity (Wildman–Crippen MR) is 99.3 cm³/mol. The van der Waals surface area contributed by atoms with Crippen LogP contribution in [0.25, 0.3) is 0 Å². The zero-order chi connectivity index (χ0) is 17.7. The first-order chi connectivity index (χ1) is 10.7. The van der Waals surface area contributed by atoms with Gasteiger partial charge in [-0.3, -0.25) is 0 Å². The molecule has 2 heteroatoms. The molecule has 0 amide bonds. The van der Waals surface area contributed by atoms with Gasteiger partial charge in [0.25, 0.3) is 0 Å². The summed E-state index contributed by atoms with van der Waals surface area (Å²) in [6.45, 7) is 16.1. The Labute approximate surface area is 143 Å². The zero-order valence-electron chi connectivity index (χ0n) is 15.6. The predicted octanol–water partition coefficient (Wildman–Crippen LogP) is 5.17. The lowest BCUT2D eigenvalue weighted by Crippen LogP contribution is -2.56. The summed E-state index contributed by atoms with van der Waals surface area (Å²) in [6, 6.07) is 0. The van der Waals surface area contributed by atoms with Crippen molar-refractivity contribution in [3.63, 3.8) is 0 Å². The summed E-state index contributed by atoms with van der Waals surface area (Å²) >= 11 is 0. The molecule has 0 bridgehead atoms. The molecule has 0 unspecified atom stereocenters. The Hall–Kier alpha value is -0.860. The van der Waals surface area contributed by atoms with Crippen molar-refractivity contribution in [1.82, 2.24) is 0 Å². The van der Waals surface area contributed by atoms with Gasteiger partial charge in [-0.2, -0.15) is 0 Å². The highest BCUT2D eigenvalue weighted by Crippen LogP contribution is 2.48. The lowest BCUT2D eigenvalue weighted by molar-refractivity contribution is -0.144. The first-order valence-electron chi connectivity index (χ1n) is 9.04. The lowest BCUT2D eigenvalue weighted by Gasteiger charge is -2.49. The van der Waals surface area contributed by atoms with Crippen molar-refractivity contribution >= 4 is 0 Å². The van der Waals surface area contributed by atoms with E-state index in [0.29, 0.717) is 12.8 Å². The molecule has 1 aliphatic carbocycles. The highest BCUT2D eigenvalue weighted by Gasteiger charge is 2.51. The van der Waals surface area contributed by atoms with E-state index in [4.69, 9.17) is 0 Å². The number of unbranched alkanes of at least 4 members (excludes halogenated alkanes) is 1. The van der Waals surface area contributed by atoms with Crippen molar-refractivity contribution in [2.75, 3.05) is 0 Å². The molecule has 0 aliphatic heterocycles. The molecule has 0 fully saturated rings. The van der Waals surface area contributed by atoms with E-state index in [-0.39, 0.29) is 5.41 Å². The standard InChI is InChI=1S/C21H36O2/c1-7-10-16-21(23,19(4,5)14-8-2)18(22)17-13-11-12-15-20(17,6)9-3/h8-9,13,18,22-23H,2-3,7,10-12,14-16H2,1,4-6H3/t18-,20-,21+/m1/s1. The maximum absolute atomic E-state index is 11.6. The van der Waals surface area contributed by atoms with Gasteiger partial charge in [-0.05, 0) is 43.1 Å². The van der Waals surface area contributed by atoms with Crippen molar-refractivity contribution in [2.24, 2.45) is 10.8 Å². The largest absolute Gasteiger partial charge is 0.386 e. The Bertz CT molecular complexity index is 449. The summed E-state index contributed by atoms with van der Waals surface area (Å²) in [5.74, 6) is 0. The highest BCUT2D eigenvalue weighted by molar-refractivity contribution is 5.30. The minimum Gasteiger partial charge on any atom is -0.386 e. The van der Waals surface area contributed by atoms with Crippen LogP contribution in [-0.2, 0) is 0 Å². The van der Waals surface area contributed by atoms with E-state index in [1.807, 2.05) is 26.0 Å². The number of hydrogen-bond donors (Lipinski definition) is 2. The Kier molecular flexibility index (Phi) is 6.85. The minimum absolute atomic E-state index is 0.234. The average Bonchev–Trinajstić information content (AvgIpc) is 2.52. The first kappa shape index (κ1) is 20.2. The molecule has 0 aromatic heterocycles. The van der Waals surface area contributed by atoms with Crippen molar-refractivity contribution in [1.29, 1.82) is 0 Å². The van der Waals surface area contributed by atoms with Gasteiger partial charge in [0.05, 0.1) is 5.60 Å². The van der Waals surface area contributed by atoms with Gasteiger partial charge in [0.2, 0.25) is 0 Å². The molecule has 0 aromatic carbocycles. The summed E-state index contributed by atoms with van der Waals surface area (Å²) in [5.41, 5.74) is -0.897. The molecule has 2 N–H and O–H groups in total. The molecule has 0 heterocycles. The van der Waals surface area contributed by atoms with Crippen LogP contribution in [0.3, 0.4) is 0 Å². The molecular formula is C21H36O2. The van der Waals surface area contributed by atoms with Crippen molar-refractivity contribution < 1.29 is 10.2 Å². The molecule has 23 heavy (non-hydrogen) atoms. The summed E-state index contributed by atoms with van der Waals surface area (Å²) in [6.07, 6.45) is 11.2. The van der Waals surface area contributed by atoms with Gasteiger partial charge in [0.15, 0.2) is 0 Å². The summed E-state index contributed by atoms with van der Waals surface area (Å²) in [4.78, 5) is 0. The van der Waals surface area contributed by atoms with Gasteiger partial charge in [-0.25, -0.2) is 0 Å². The second-order valence-corrected chi connectivity index (χ2v) is 7.98. The van der Waals surface area contributed by atoms with Crippen LogP contribution >= 0.6 is 0 Å². The minimum atomic E-state index is -1.16. The zero-order valence-corrected chi connectivity index (χ0v) is 15.6. The third kappa shape index (κ3) is 3.97. The number of rotatable bonds is 9. The second-order valence-electron chi connectivity index (χ2n) is 7.98. The highest BCUT2D eigenvalue weighted by atomic mass is 16.3. The van der Waals surface area contributed by atoms with E-state index in [2.05, 4.69) is 33.1 Å². The second kappa shape index (κ2) is 7.81. The average molecular weight is 321 g/mol. The fourth-order valence-corrected chi connectivity index (χ4v) is 3.83. The van der Waals surface area contributed by atoms with Gasteiger partial charge in [-0.1, -0.05) is 58.8 Å². The van der Waals surface area contributed by atoms with Gasteiger partial charge in [0.1, 0.15) is 6.10 Å². The van der Waals surface area contributed by atoms with E-state index in [1.165, 1.54) is 0 Å². The van der Waals surface area contributed by atoms with Gasteiger partial charge in [-0.15, -0.1) is 13.2 Å². The summed E-state index contributed by atoms with van der Waals surface area (Å²) in [7, 11) is 0. The number of aliphatic hydroxyl groups is 2. The summed E-state index contributed by atoms with van der Waals surface area (Å²) < 4.78 is 0. The van der Waals surface area contributed by atoms with E-state index >= 15 is 0 Å². The van der Waals surface area contributed by atoms with Crippen LogP contribution in [-0.4, -0.2) is 21.9 Å². The maximum atomic E-state index is 11.6. The SMILES string of the molecule is C=CCC(C)(C)[C@](O)(CCCC)[C@H](O)C1=CCCC[C@@]1(C)C=C. The van der Waals surface area contributed by atoms with Crippen LogP contribution < -0.4 is 0 Å². The first-order valence-corrected chi connectivity index (χ1v) is 9.04.